The zero-order chi connectivity index (χ0) is 14.0. The van der Waals surface area contributed by atoms with Crippen molar-refractivity contribution < 1.29 is 13.9 Å². The quantitative estimate of drug-likeness (QED) is 0.584. The van der Waals surface area contributed by atoms with Crippen LogP contribution in [0.3, 0.4) is 0 Å². The molecule has 2 rings (SSSR count). The summed E-state index contributed by atoms with van der Waals surface area (Å²) in [6, 6.07) is 5.46. The molecule has 1 aromatic heterocycles. The number of carbonyl (C=O) groups excluding carboxylic acids is 1. The fourth-order valence-corrected chi connectivity index (χ4v) is 2.05. The average Bonchev–Trinajstić information content (AvgIpc) is 2.75. The van der Waals surface area contributed by atoms with E-state index in [9.17, 15) is 4.79 Å². The highest BCUT2D eigenvalue weighted by atomic mass is 127. The summed E-state index contributed by atoms with van der Waals surface area (Å²) < 4.78 is 11.3. The standard InChI is InChI=1S/C13H11ClINO3/c1-3-18-13(17)11-7(2)16-12(19-11)8-4-5-10(15)9(14)6-8/h4-6H,3H2,1-2H3. The van der Waals surface area contributed by atoms with E-state index in [2.05, 4.69) is 27.6 Å². The summed E-state index contributed by atoms with van der Waals surface area (Å²) in [4.78, 5) is 15.9. The lowest BCUT2D eigenvalue weighted by Gasteiger charge is -1.99. The second-order valence-corrected chi connectivity index (χ2v) is 5.35. The molecule has 0 amide bonds. The summed E-state index contributed by atoms with van der Waals surface area (Å²) in [5.74, 6) is -0.0132. The van der Waals surface area contributed by atoms with Gasteiger partial charge in [-0.3, -0.25) is 0 Å². The Kier molecular flexibility index (Phi) is 4.46. The molecule has 4 nitrogen and oxygen atoms in total. The fraction of sp³-hybridized carbons (Fsp3) is 0.231. The number of esters is 1. The zero-order valence-corrected chi connectivity index (χ0v) is 13.3. The van der Waals surface area contributed by atoms with Crippen LogP contribution in [-0.4, -0.2) is 17.6 Å². The van der Waals surface area contributed by atoms with Crippen molar-refractivity contribution in [2.24, 2.45) is 0 Å². The molecular formula is C13H11ClINO3. The largest absolute Gasteiger partial charge is 0.460 e. The maximum atomic E-state index is 11.6. The van der Waals surface area contributed by atoms with E-state index in [1.807, 2.05) is 12.1 Å². The number of benzene rings is 1. The maximum Gasteiger partial charge on any atom is 0.376 e. The number of nitrogens with zero attached hydrogens (tertiary/aromatic N) is 1. The van der Waals surface area contributed by atoms with Gasteiger partial charge in [-0.1, -0.05) is 11.6 Å². The third-order valence-corrected chi connectivity index (χ3v) is 4.00. The molecule has 0 saturated carbocycles. The summed E-state index contributed by atoms with van der Waals surface area (Å²) in [5, 5.41) is 0.617. The van der Waals surface area contributed by atoms with Crippen LogP contribution >= 0.6 is 34.2 Å². The minimum atomic E-state index is -0.504. The molecule has 0 radical (unpaired) electrons. The Hall–Kier alpha value is -1.08. The van der Waals surface area contributed by atoms with Crippen molar-refractivity contribution in [2.75, 3.05) is 6.61 Å². The summed E-state index contributed by atoms with van der Waals surface area (Å²) in [5.41, 5.74) is 1.23. The summed E-state index contributed by atoms with van der Waals surface area (Å²) in [6.07, 6.45) is 0. The Morgan fingerprint density at radius 3 is 2.89 bits per heavy atom. The van der Waals surface area contributed by atoms with Gasteiger partial charge in [-0.15, -0.1) is 0 Å². The molecule has 6 heteroatoms. The van der Waals surface area contributed by atoms with Crippen molar-refractivity contribution in [1.82, 2.24) is 4.98 Å². The molecule has 0 fully saturated rings. The summed E-state index contributed by atoms with van der Waals surface area (Å²) in [7, 11) is 0. The van der Waals surface area contributed by atoms with Crippen LogP contribution < -0.4 is 0 Å². The molecule has 0 aliphatic carbocycles. The van der Waals surface area contributed by atoms with Crippen molar-refractivity contribution in [2.45, 2.75) is 13.8 Å². The Morgan fingerprint density at radius 1 is 1.53 bits per heavy atom. The van der Waals surface area contributed by atoms with E-state index < -0.39 is 5.97 Å². The van der Waals surface area contributed by atoms with E-state index >= 15 is 0 Å². The van der Waals surface area contributed by atoms with Crippen LogP contribution in [0.2, 0.25) is 5.02 Å². The normalized spacial score (nSPS) is 10.5. The lowest BCUT2D eigenvalue weighted by Crippen LogP contribution is -2.04. The number of ether oxygens (including phenoxy) is 1. The topological polar surface area (TPSA) is 52.3 Å². The first-order chi connectivity index (χ1) is 9.02. The number of halogens is 2. The van der Waals surface area contributed by atoms with Crippen LogP contribution in [0.15, 0.2) is 22.6 Å². The van der Waals surface area contributed by atoms with Gasteiger partial charge in [0.2, 0.25) is 11.7 Å². The minimum Gasteiger partial charge on any atom is -0.460 e. The van der Waals surface area contributed by atoms with Crippen LogP contribution in [0.1, 0.15) is 23.2 Å². The van der Waals surface area contributed by atoms with Crippen LogP contribution in [0.25, 0.3) is 11.5 Å². The lowest BCUT2D eigenvalue weighted by molar-refractivity contribution is 0.0490. The molecule has 0 bridgehead atoms. The minimum absolute atomic E-state index is 0.131. The number of hydrogen-bond acceptors (Lipinski definition) is 4. The molecule has 1 heterocycles. The van der Waals surface area contributed by atoms with Crippen molar-refractivity contribution in [3.8, 4) is 11.5 Å². The molecule has 0 atom stereocenters. The molecule has 0 N–H and O–H groups in total. The van der Waals surface area contributed by atoms with E-state index in [0.29, 0.717) is 23.2 Å². The number of aryl methyl sites for hydroxylation is 1. The fourth-order valence-electron chi connectivity index (χ4n) is 1.54. The summed E-state index contributed by atoms with van der Waals surface area (Å²) >= 11 is 8.19. The van der Waals surface area contributed by atoms with Crippen LogP contribution in [0.5, 0.6) is 0 Å². The number of carbonyl (C=O) groups is 1. The van der Waals surface area contributed by atoms with Crippen molar-refractivity contribution in [3.63, 3.8) is 0 Å². The van der Waals surface area contributed by atoms with Gasteiger partial charge in [-0.25, -0.2) is 9.78 Å². The highest BCUT2D eigenvalue weighted by molar-refractivity contribution is 14.1. The Bertz CT molecular complexity index is 624. The van der Waals surface area contributed by atoms with Gasteiger partial charge in [0, 0.05) is 9.13 Å². The van der Waals surface area contributed by atoms with Crippen LogP contribution in [0.4, 0.5) is 0 Å². The van der Waals surface area contributed by atoms with E-state index in [-0.39, 0.29) is 5.76 Å². The molecule has 0 aliphatic heterocycles. The molecule has 0 saturated heterocycles. The Labute approximate surface area is 129 Å². The SMILES string of the molecule is CCOC(=O)c1oc(-c2ccc(I)c(Cl)c2)nc1C. The monoisotopic (exact) mass is 391 g/mol. The number of aromatic nitrogens is 1. The summed E-state index contributed by atoms with van der Waals surface area (Å²) in [6.45, 7) is 3.74. The van der Waals surface area contributed by atoms with Crippen molar-refractivity contribution >= 4 is 40.2 Å². The number of hydrogen-bond donors (Lipinski definition) is 0. The van der Waals surface area contributed by atoms with Gasteiger partial charge in [0.05, 0.1) is 17.3 Å². The van der Waals surface area contributed by atoms with Crippen molar-refractivity contribution in [1.29, 1.82) is 0 Å². The van der Waals surface area contributed by atoms with Gasteiger partial charge in [0.1, 0.15) is 0 Å². The smallest absolute Gasteiger partial charge is 0.376 e. The molecule has 100 valence electrons. The van der Waals surface area contributed by atoms with E-state index in [1.165, 1.54) is 0 Å². The molecule has 0 aliphatic rings. The zero-order valence-electron chi connectivity index (χ0n) is 10.4. The molecule has 19 heavy (non-hydrogen) atoms. The lowest BCUT2D eigenvalue weighted by atomic mass is 10.2. The Balaban J connectivity index is 2.38. The highest BCUT2D eigenvalue weighted by Crippen LogP contribution is 2.27. The van der Waals surface area contributed by atoms with Gasteiger partial charge in [0.15, 0.2) is 0 Å². The van der Waals surface area contributed by atoms with Gasteiger partial charge >= 0.3 is 5.97 Å². The molecule has 1 aromatic carbocycles. The first kappa shape index (κ1) is 14.3. The van der Waals surface area contributed by atoms with Gasteiger partial charge < -0.3 is 9.15 Å². The van der Waals surface area contributed by atoms with E-state index in [4.69, 9.17) is 20.8 Å². The van der Waals surface area contributed by atoms with E-state index in [0.717, 1.165) is 9.13 Å². The highest BCUT2D eigenvalue weighted by Gasteiger charge is 2.19. The van der Waals surface area contributed by atoms with Gasteiger partial charge in [-0.05, 0) is 54.6 Å². The molecule has 0 unspecified atom stereocenters. The third kappa shape index (κ3) is 3.09. The van der Waals surface area contributed by atoms with Crippen LogP contribution in [-0.2, 0) is 4.74 Å². The first-order valence-corrected chi connectivity index (χ1v) is 7.08. The predicted octanol–water partition coefficient (Wildman–Crippen LogP) is 4.08. The molecule has 2 aromatic rings. The molecule has 0 spiro atoms. The molecular weight excluding hydrogens is 381 g/mol. The average molecular weight is 392 g/mol. The third-order valence-electron chi connectivity index (χ3n) is 2.42. The second kappa shape index (κ2) is 5.92. The van der Waals surface area contributed by atoms with Crippen molar-refractivity contribution in [3.05, 3.63) is 38.2 Å². The number of rotatable bonds is 3. The Morgan fingerprint density at radius 2 is 2.26 bits per heavy atom. The first-order valence-electron chi connectivity index (χ1n) is 5.63. The van der Waals surface area contributed by atoms with Crippen LogP contribution in [0, 0.1) is 10.5 Å². The van der Waals surface area contributed by atoms with Gasteiger partial charge in [-0.2, -0.15) is 0 Å². The predicted molar refractivity (Wildman–Crippen MR) is 80.4 cm³/mol. The maximum absolute atomic E-state index is 11.6. The van der Waals surface area contributed by atoms with Gasteiger partial charge in [0.25, 0.3) is 0 Å². The van der Waals surface area contributed by atoms with E-state index in [1.54, 1.807) is 19.9 Å². The number of oxazole rings is 1. The second-order valence-electron chi connectivity index (χ2n) is 3.78.